The average Bonchev–Trinajstić information content (AvgIpc) is 2.49. The summed E-state index contributed by atoms with van der Waals surface area (Å²) in [7, 11) is 0. The van der Waals surface area contributed by atoms with Crippen molar-refractivity contribution < 1.29 is 19.1 Å². The highest BCUT2D eigenvalue weighted by Crippen LogP contribution is 2.25. The minimum absolute atomic E-state index is 0.153. The first-order chi connectivity index (χ1) is 10.7. The van der Waals surface area contributed by atoms with Gasteiger partial charge >= 0.3 is 5.97 Å². The molecule has 23 heavy (non-hydrogen) atoms. The van der Waals surface area contributed by atoms with Gasteiger partial charge < -0.3 is 15.8 Å². The molecule has 0 aliphatic carbocycles. The minimum Gasteiger partial charge on any atom is -0.452 e. The van der Waals surface area contributed by atoms with E-state index in [1.54, 1.807) is 6.07 Å². The highest BCUT2D eigenvalue weighted by atomic mass is 16.5. The topological polar surface area (TPSA) is 98.5 Å². The highest BCUT2D eigenvalue weighted by molar-refractivity contribution is 5.93. The van der Waals surface area contributed by atoms with Gasteiger partial charge in [0.15, 0.2) is 6.61 Å². The second-order valence-corrected chi connectivity index (χ2v) is 5.98. The van der Waals surface area contributed by atoms with Crippen LogP contribution in [0.2, 0.25) is 0 Å². The highest BCUT2D eigenvalue weighted by Gasteiger charge is 2.17. The van der Waals surface area contributed by atoms with Crippen LogP contribution >= 0.6 is 0 Å². The van der Waals surface area contributed by atoms with Gasteiger partial charge in [-0.2, -0.15) is 0 Å². The Kier molecular flexibility index (Phi) is 6.75. The van der Waals surface area contributed by atoms with Crippen LogP contribution in [0.4, 0.5) is 0 Å². The molecule has 0 saturated carbocycles. The van der Waals surface area contributed by atoms with Crippen LogP contribution in [-0.4, -0.2) is 30.9 Å². The summed E-state index contributed by atoms with van der Waals surface area (Å²) < 4.78 is 5.01. The van der Waals surface area contributed by atoms with E-state index in [9.17, 15) is 14.4 Å². The van der Waals surface area contributed by atoms with E-state index < -0.39 is 24.4 Å². The van der Waals surface area contributed by atoms with Gasteiger partial charge in [0, 0.05) is 0 Å². The van der Waals surface area contributed by atoms with Gasteiger partial charge in [0.25, 0.3) is 5.91 Å². The Bertz CT molecular complexity index is 594. The number of carbonyl (C=O) groups excluding carboxylic acids is 3. The number of benzene rings is 1. The largest absolute Gasteiger partial charge is 0.452 e. The normalized spacial score (nSPS) is 10.7. The van der Waals surface area contributed by atoms with Crippen molar-refractivity contribution in [1.29, 1.82) is 0 Å². The molecule has 0 spiro atoms. The lowest BCUT2D eigenvalue weighted by Crippen LogP contribution is -2.36. The van der Waals surface area contributed by atoms with Crippen LogP contribution < -0.4 is 11.1 Å². The number of amides is 2. The summed E-state index contributed by atoms with van der Waals surface area (Å²) in [6.45, 7) is 7.43. The molecule has 0 aromatic heterocycles. The fraction of sp³-hybridized carbons (Fsp3) is 0.471. The predicted molar refractivity (Wildman–Crippen MR) is 87.1 cm³/mol. The average molecular weight is 320 g/mol. The summed E-state index contributed by atoms with van der Waals surface area (Å²) in [5.74, 6) is -1.27. The van der Waals surface area contributed by atoms with E-state index in [2.05, 4.69) is 19.2 Å². The Morgan fingerprint density at radius 3 is 2.30 bits per heavy atom. The molecule has 0 radical (unpaired) electrons. The molecule has 1 rings (SSSR count). The third kappa shape index (κ3) is 5.73. The van der Waals surface area contributed by atoms with Gasteiger partial charge in [0.05, 0.1) is 12.1 Å². The van der Waals surface area contributed by atoms with Crippen LogP contribution in [0.5, 0.6) is 0 Å². The van der Waals surface area contributed by atoms with Crippen molar-refractivity contribution in [3.63, 3.8) is 0 Å². The summed E-state index contributed by atoms with van der Waals surface area (Å²) in [4.78, 5) is 34.2. The van der Waals surface area contributed by atoms with Crippen LogP contribution in [0.25, 0.3) is 0 Å². The van der Waals surface area contributed by atoms with E-state index >= 15 is 0 Å². The van der Waals surface area contributed by atoms with Gasteiger partial charge in [-0.05, 0) is 29.0 Å². The lowest BCUT2D eigenvalue weighted by Gasteiger charge is -2.15. The van der Waals surface area contributed by atoms with Crippen molar-refractivity contribution >= 4 is 17.8 Å². The third-order valence-electron chi connectivity index (χ3n) is 3.38. The smallest absolute Gasteiger partial charge is 0.338 e. The Labute approximate surface area is 136 Å². The minimum atomic E-state index is -0.656. The fourth-order valence-electron chi connectivity index (χ4n) is 2.05. The number of ether oxygens (including phenoxy) is 1. The summed E-state index contributed by atoms with van der Waals surface area (Å²) >= 11 is 0. The number of carbonyl (C=O) groups is 3. The van der Waals surface area contributed by atoms with Crippen molar-refractivity contribution in [2.24, 2.45) is 5.73 Å². The van der Waals surface area contributed by atoms with Crippen molar-refractivity contribution in [2.45, 2.75) is 39.5 Å². The lowest BCUT2D eigenvalue weighted by molar-refractivity contribution is -0.127. The molecule has 0 bridgehead atoms. The molecular formula is C17H24N2O4. The molecule has 0 saturated heterocycles. The second kappa shape index (κ2) is 8.31. The Morgan fingerprint density at radius 1 is 1.13 bits per heavy atom. The van der Waals surface area contributed by atoms with Gasteiger partial charge in [-0.1, -0.05) is 39.8 Å². The summed E-state index contributed by atoms with van der Waals surface area (Å²) in [5.41, 5.74) is 7.40. The molecule has 0 aliphatic rings. The number of hydrogen-bond donors (Lipinski definition) is 2. The van der Waals surface area contributed by atoms with Crippen LogP contribution in [0.1, 0.15) is 61.0 Å². The standard InChI is InChI=1S/C17H24N2O4/c1-10(2)12-5-6-13(14(7-12)11(3)4)17(22)23-9-16(21)19-8-15(18)20/h5-7,10-11H,8-9H2,1-4H3,(H2,18,20)(H,19,21). The Balaban J connectivity index is 2.79. The van der Waals surface area contributed by atoms with Crippen LogP contribution in [0, 0.1) is 0 Å². The van der Waals surface area contributed by atoms with E-state index in [0.717, 1.165) is 11.1 Å². The number of nitrogens with one attached hydrogen (secondary N) is 1. The summed E-state index contributed by atoms with van der Waals surface area (Å²) in [5, 5.41) is 2.26. The zero-order chi connectivity index (χ0) is 17.6. The van der Waals surface area contributed by atoms with Crippen LogP contribution in [0.15, 0.2) is 18.2 Å². The van der Waals surface area contributed by atoms with Gasteiger partial charge in [-0.25, -0.2) is 4.79 Å². The van der Waals surface area contributed by atoms with E-state index in [4.69, 9.17) is 10.5 Å². The number of esters is 1. The zero-order valence-electron chi connectivity index (χ0n) is 14.0. The Hall–Kier alpha value is -2.37. The van der Waals surface area contributed by atoms with E-state index in [-0.39, 0.29) is 12.5 Å². The molecule has 0 aliphatic heterocycles. The molecule has 0 unspecified atom stereocenters. The molecule has 6 heteroatoms. The van der Waals surface area contributed by atoms with Crippen LogP contribution in [-0.2, 0) is 14.3 Å². The van der Waals surface area contributed by atoms with Gasteiger partial charge in [0.2, 0.25) is 5.91 Å². The summed E-state index contributed by atoms with van der Waals surface area (Å²) in [6, 6.07) is 5.62. The van der Waals surface area contributed by atoms with Crippen LogP contribution in [0.3, 0.4) is 0 Å². The van der Waals surface area contributed by atoms with Gasteiger partial charge in [-0.15, -0.1) is 0 Å². The van der Waals surface area contributed by atoms with Crippen molar-refractivity contribution in [3.05, 3.63) is 34.9 Å². The van der Waals surface area contributed by atoms with Crippen molar-refractivity contribution in [2.75, 3.05) is 13.2 Å². The molecule has 1 aromatic carbocycles. The number of hydrogen-bond acceptors (Lipinski definition) is 4. The third-order valence-corrected chi connectivity index (χ3v) is 3.38. The molecule has 0 heterocycles. The van der Waals surface area contributed by atoms with Crippen molar-refractivity contribution in [3.8, 4) is 0 Å². The number of primary amides is 1. The molecule has 1 aromatic rings. The van der Waals surface area contributed by atoms with E-state index in [1.165, 1.54) is 0 Å². The first-order valence-corrected chi connectivity index (χ1v) is 7.58. The first-order valence-electron chi connectivity index (χ1n) is 7.58. The predicted octanol–water partition coefficient (Wildman–Crippen LogP) is 1.69. The van der Waals surface area contributed by atoms with Gasteiger partial charge in [0.1, 0.15) is 0 Å². The Morgan fingerprint density at radius 2 is 1.78 bits per heavy atom. The van der Waals surface area contributed by atoms with Gasteiger partial charge in [-0.3, -0.25) is 9.59 Å². The molecule has 3 N–H and O–H groups in total. The molecule has 126 valence electrons. The molecule has 2 amide bonds. The second-order valence-electron chi connectivity index (χ2n) is 5.98. The first kappa shape index (κ1) is 18.7. The molecule has 0 fully saturated rings. The fourth-order valence-corrected chi connectivity index (χ4v) is 2.05. The maximum atomic E-state index is 12.2. The molecule has 6 nitrogen and oxygen atoms in total. The van der Waals surface area contributed by atoms with E-state index in [0.29, 0.717) is 11.5 Å². The summed E-state index contributed by atoms with van der Waals surface area (Å²) in [6.07, 6.45) is 0. The number of nitrogens with two attached hydrogens (primary N) is 1. The molecular weight excluding hydrogens is 296 g/mol. The monoisotopic (exact) mass is 320 g/mol. The maximum Gasteiger partial charge on any atom is 0.338 e. The van der Waals surface area contributed by atoms with E-state index in [1.807, 2.05) is 26.0 Å². The maximum absolute atomic E-state index is 12.2. The SMILES string of the molecule is CC(C)c1ccc(C(=O)OCC(=O)NCC(N)=O)c(C(C)C)c1. The quantitative estimate of drug-likeness (QED) is 0.747. The zero-order valence-corrected chi connectivity index (χ0v) is 14.0. The lowest BCUT2D eigenvalue weighted by atomic mass is 9.91. The molecule has 0 atom stereocenters. The number of rotatable bonds is 7. The van der Waals surface area contributed by atoms with Crippen molar-refractivity contribution in [1.82, 2.24) is 5.32 Å².